The summed E-state index contributed by atoms with van der Waals surface area (Å²) < 4.78 is 0.921. The number of hydrogen-bond donors (Lipinski definition) is 1. The fraction of sp³-hybridized carbons (Fsp3) is 0. The Kier molecular flexibility index (Phi) is 3.49. The molecule has 1 N–H and O–H groups in total. The van der Waals surface area contributed by atoms with E-state index < -0.39 is 0 Å². The number of nitrogens with one attached hydrogen (secondary N) is 1. The Morgan fingerprint density at radius 2 is 2.00 bits per heavy atom. The van der Waals surface area contributed by atoms with Crippen molar-refractivity contribution in [2.24, 2.45) is 0 Å². The van der Waals surface area contributed by atoms with E-state index in [-0.39, 0.29) is 0 Å². The molecule has 1 aromatic heterocycles. The van der Waals surface area contributed by atoms with E-state index in [0.717, 1.165) is 10.2 Å². The number of anilines is 2. The second kappa shape index (κ2) is 5.29. The molecule has 0 unspecified atom stereocenters. The van der Waals surface area contributed by atoms with Gasteiger partial charge in [-0.3, -0.25) is 0 Å². The van der Waals surface area contributed by atoms with E-state index in [4.69, 9.17) is 28.5 Å². The van der Waals surface area contributed by atoms with Crippen LogP contribution in [-0.4, -0.2) is 4.98 Å². The number of aromatic nitrogens is 1. The summed E-state index contributed by atoms with van der Waals surface area (Å²) in [7, 11) is 0. The predicted octanol–water partition coefficient (Wildman–Crippen LogP) is 5.22. The van der Waals surface area contributed by atoms with Crippen LogP contribution in [0.25, 0.3) is 10.2 Å². The minimum Gasteiger partial charge on any atom is -0.330 e. The van der Waals surface area contributed by atoms with Gasteiger partial charge in [0.1, 0.15) is 0 Å². The maximum absolute atomic E-state index is 8.92. The fourth-order valence-corrected chi connectivity index (χ4v) is 3.11. The number of rotatable bonds is 2. The van der Waals surface area contributed by atoms with Crippen LogP contribution in [0, 0.1) is 11.3 Å². The number of fused-ring (bicyclic) bond motifs is 1. The molecule has 1 heterocycles. The van der Waals surface area contributed by atoms with Crippen molar-refractivity contribution < 1.29 is 0 Å². The van der Waals surface area contributed by atoms with Gasteiger partial charge in [-0.1, -0.05) is 40.6 Å². The number of halogens is 2. The highest BCUT2D eigenvalue weighted by molar-refractivity contribution is 7.22. The summed E-state index contributed by atoms with van der Waals surface area (Å²) in [6, 6.07) is 12.7. The van der Waals surface area contributed by atoms with Crippen molar-refractivity contribution in [3.8, 4) is 6.07 Å². The van der Waals surface area contributed by atoms with Crippen molar-refractivity contribution in [2.75, 3.05) is 5.32 Å². The lowest BCUT2D eigenvalue weighted by molar-refractivity contribution is 1.43. The van der Waals surface area contributed by atoms with E-state index in [1.54, 1.807) is 18.2 Å². The third-order valence-corrected chi connectivity index (χ3v) is 4.48. The first-order chi connectivity index (χ1) is 9.67. The average molecular weight is 320 g/mol. The molecule has 3 aromatic rings. The summed E-state index contributed by atoms with van der Waals surface area (Å²) >= 11 is 13.7. The molecule has 6 heteroatoms. The quantitative estimate of drug-likeness (QED) is 0.704. The first kappa shape index (κ1) is 13.2. The van der Waals surface area contributed by atoms with Crippen molar-refractivity contribution in [1.29, 1.82) is 5.26 Å². The van der Waals surface area contributed by atoms with Gasteiger partial charge in [0.25, 0.3) is 0 Å². The number of nitriles is 1. The van der Waals surface area contributed by atoms with Gasteiger partial charge < -0.3 is 5.32 Å². The second-order valence-electron chi connectivity index (χ2n) is 4.04. The molecule has 0 spiro atoms. The van der Waals surface area contributed by atoms with Gasteiger partial charge in [0.2, 0.25) is 0 Å². The lowest BCUT2D eigenvalue weighted by Gasteiger charge is -2.04. The summed E-state index contributed by atoms with van der Waals surface area (Å²) in [5.41, 5.74) is 2.02. The van der Waals surface area contributed by atoms with E-state index in [2.05, 4.69) is 16.4 Å². The second-order valence-corrected chi connectivity index (χ2v) is 5.85. The van der Waals surface area contributed by atoms with Crippen LogP contribution in [0.4, 0.5) is 10.8 Å². The Hall–Kier alpha value is -1.80. The number of nitrogens with zero attached hydrogens (tertiary/aromatic N) is 2. The van der Waals surface area contributed by atoms with Crippen LogP contribution in [0.5, 0.6) is 0 Å². The zero-order chi connectivity index (χ0) is 14.1. The monoisotopic (exact) mass is 319 g/mol. The highest BCUT2D eigenvalue weighted by atomic mass is 35.5. The molecule has 2 aromatic carbocycles. The molecule has 0 fully saturated rings. The van der Waals surface area contributed by atoms with Gasteiger partial charge in [-0.05, 0) is 30.3 Å². The zero-order valence-electron chi connectivity index (χ0n) is 10.0. The topological polar surface area (TPSA) is 48.7 Å². The van der Waals surface area contributed by atoms with Crippen LogP contribution in [-0.2, 0) is 0 Å². The molecule has 0 aliphatic heterocycles. The smallest absolute Gasteiger partial charge is 0.188 e. The minimum atomic E-state index is 0.536. The number of benzene rings is 2. The van der Waals surface area contributed by atoms with Crippen molar-refractivity contribution >= 4 is 55.6 Å². The van der Waals surface area contributed by atoms with Crippen LogP contribution < -0.4 is 5.32 Å². The van der Waals surface area contributed by atoms with Gasteiger partial charge in [0, 0.05) is 0 Å². The highest BCUT2D eigenvalue weighted by Crippen LogP contribution is 2.34. The Morgan fingerprint density at radius 3 is 2.75 bits per heavy atom. The first-order valence-corrected chi connectivity index (χ1v) is 7.26. The van der Waals surface area contributed by atoms with Gasteiger partial charge in [-0.25, -0.2) is 4.98 Å². The molecule has 98 valence electrons. The molecule has 0 radical (unpaired) electrons. The van der Waals surface area contributed by atoms with Crippen molar-refractivity contribution in [2.45, 2.75) is 0 Å². The molecule has 0 aliphatic rings. The van der Waals surface area contributed by atoms with Crippen molar-refractivity contribution in [3.63, 3.8) is 0 Å². The molecule has 0 saturated heterocycles. The predicted molar refractivity (Wildman–Crippen MR) is 84.1 cm³/mol. The first-order valence-electron chi connectivity index (χ1n) is 5.69. The molecule has 20 heavy (non-hydrogen) atoms. The molecule has 3 rings (SSSR count). The van der Waals surface area contributed by atoms with E-state index >= 15 is 0 Å². The van der Waals surface area contributed by atoms with Gasteiger partial charge >= 0.3 is 0 Å². The summed E-state index contributed by atoms with van der Waals surface area (Å²) in [6.45, 7) is 0. The third-order valence-electron chi connectivity index (χ3n) is 2.70. The minimum absolute atomic E-state index is 0.536. The zero-order valence-corrected chi connectivity index (χ0v) is 12.4. The van der Waals surface area contributed by atoms with Crippen LogP contribution in [0.15, 0.2) is 36.4 Å². The van der Waals surface area contributed by atoms with Crippen LogP contribution in [0.1, 0.15) is 5.56 Å². The molecular formula is C14H7Cl2N3S. The van der Waals surface area contributed by atoms with Crippen LogP contribution in [0.3, 0.4) is 0 Å². The Bertz CT molecular complexity index is 836. The normalized spacial score (nSPS) is 10.4. The molecule has 0 atom stereocenters. The molecular weight excluding hydrogens is 313 g/mol. The maximum Gasteiger partial charge on any atom is 0.188 e. The van der Waals surface area contributed by atoms with Gasteiger partial charge in [0.05, 0.1) is 37.6 Å². The fourth-order valence-electron chi connectivity index (χ4n) is 1.77. The SMILES string of the molecule is N#Cc1ccc(Cl)c(Nc2nc3cccc(Cl)c3s2)c1. The standard InChI is InChI=1S/C14H7Cl2N3S/c15-9-5-4-8(7-17)6-12(9)19-14-18-11-3-1-2-10(16)13(11)20-14/h1-6H,(H,18,19). The summed E-state index contributed by atoms with van der Waals surface area (Å²) in [4.78, 5) is 4.45. The number of hydrogen-bond acceptors (Lipinski definition) is 4. The lowest BCUT2D eigenvalue weighted by Crippen LogP contribution is -1.91. The Labute approximate surface area is 129 Å². The summed E-state index contributed by atoms with van der Waals surface area (Å²) in [5, 5.41) is 13.9. The van der Waals surface area contributed by atoms with E-state index in [9.17, 15) is 0 Å². The lowest BCUT2D eigenvalue weighted by atomic mass is 10.2. The molecule has 0 amide bonds. The molecule has 0 bridgehead atoms. The third kappa shape index (κ3) is 2.44. The summed E-state index contributed by atoms with van der Waals surface area (Å²) in [6.07, 6.45) is 0. The summed E-state index contributed by atoms with van der Waals surface area (Å²) in [5.74, 6) is 0. The van der Waals surface area contributed by atoms with Gasteiger partial charge in [0.15, 0.2) is 5.13 Å². The molecule has 3 nitrogen and oxygen atoms in total. The average Bonchev–Trinajstić information content (AvgIpc) is 2.85. The van der Waals surface area contributed by atoms with Crippen LogP contribution >= 0.6 is 34.5 Å². The van der Waals surface area contributed by atoms with Crippen molar-refractivity contribution in [3.05, 3.63) is 52.0 Å². The largest absolute Gasteiger partial charge is 0.330 e. The molecule has 0 aliphatic carbocycles. The number of thiazole rings is 1. The maximum atomic E-state index is 8.92. The van der Waals surface area contributed by atoms with E-state index in [1.807, 2.05) is 18.2 Å². The Morgan fingerprint density at radius 1 is 1.15 bits per heavy atom. The van der Waals surface area contributed by atoms with Gasteiger partial charge in [-0.15, -0.1) is 0 Å². The van der Waals surface area contributed by atoms with E-state index in [1.165, 1.54) is 11.3 Å². The van der Waals surface area contributed by atoms with Crippen molar-refractivity contribution in [1.82, 2.24) is 4.98 Å². The Balaban J connectivity index is 2.01. The van der Waals surface area contributed by atoms with Gasteiger partial charge in [-0.2, -0.15) is 5.26 Å². The van der Waals surface area contributed by atoms with E-state index in [0.29, 0.717) is 26.4 Å². The van der Waals surface area contributed by atoms with Crippen LogP contribution in [0.2, 0.25) is 10.0 Å². The molecule has 0 saturated carbocycles. The highest BCUT2D eigenvalue weighted by Gasteiger charge is 2.09.